The van der Waals surface area contributed by atoms with Crippen LogP contribution in [0.15, 0.2) is 46.0 Å². The predicted octanol–water partition coefficient (Wildman–Crippen LogP) is 4.38. The quantitative estimate of drug-likeness (QED) is 0.495. The van der Waals surface area contributed by atoms with Crippen LogP contribution < -0.4 is 19.6 Å². The van der Waals surface area contributed by atoms with E-state index in [1.54, 1.807) is 20.4 Å². The highest BCUT2D eigenvalue weighted by atomic mass is 79.9. The Balaban J connectivity index is 2.04. The van der Waals surface area contributed by atoms with Crippen molar-refractivity contribution in [3.63, 3.8) is 0 Å². The van der Waals surface area contributed by atoms with E-state index in [-0.39, 0.29) is 0 Å². The molecule has 25 heavy (non-hydrogen) atoms. The van der Waals surface area contributed by atoms with E-state index in [1.807, 2.05) is 36.4 Å². The molecule has 0 amide bonds. The van der Waals surface area contributed by atoms with Crippen molar-refractivity contribution in [2.24, 2.45) is 5.10 Å². The van der Waals surface area contributed by atoms with Gasteiger partial charge >= 0.3 is 0 Å². The van der Waals surface area contributed by atoms with E-state index in [0.717, 1.165) is 27.8 Å². The Morgan fingerprint density at radius 2 is 1.88 bits per heavy atom. The zero-order chi connectivity index (χ0) is 18.1. The number of methoxy groups -OCH3 is 2. The number of nitrogens with one attached hydrogen (secondary N) is 1. The molecule has 134 valence electrons. The molecular weight excluding hydrogens is 384 g/mol. The first-order chi connectivity index (χ1) is 12.2. The molecule has 0 heterocycles. The lowest BCUT2D eigenvalue weighted by molar-refractivity contribution is 0.292. The van der Waals surface area contributed by atoms with Crippen molar-refractivity contribution in [2.75, 3.05) is 20.8 Å². The standard InChI is InChI=1S/C19H23BrN2O3/c1-4-9-25-19-16(20)10-14(11-18(19)24-3)12-21-22-13-15-7-5-6-8-17(15)23-2/h5-8,10-12,22H,4,9,13H2,1-3H3/b21-12-. The summed E-state index contributed by atoms with van der Waals surface area (Å²) in [6.07, 6.45) is 2.68. The number of ether oxygens (including phenoxy) is 3. The maximum Gasteiger partial charge on any atom is 0.175 e. The van der Waals surface area contributed by atoms with Gasteiger partial charge in [-0.1, -0.05) is 25.1 Å². The number of benzene rings is 2. The van der Waals surface area contributed by atoms with Gasteiger partial charge in [0.25, 0.3) is 0 Å². The number of nitrogens with zero attached hydrogens (tertiary/aromatic N) is 1. The van der Waals surface area contributed by atoms with E-state index >= 15 is 0 Å². The monoisotopic (exact) mass is 406 g/mol. The highest BCUT2D eigenvalue weighted by Gasteiger charge is 2.10. The molecule has 1 N–H and O–H groups in total. The summed E-state index contributed by atoms with van der Waals surface area (Å²) in [7, 11) is 3.29. The second-order valence-electron chi connectivity index (χ2n) is 5.29. The second-order valence-corrected chi connectivity index (χ2v) is 6.14. The lowest BCUT2D eigenvalue weighted by atomic mass is 10.2. The minimum atomic E-state index is 0.580. The normalized spacial score (nSPS) is 10.7. The van der Waals surface area contributed by atoms with Crippen LogP contribution in [0.5, 0.6) is 17.2 Å². The van der Waals surface area contributed by atoms with Crippen molar-refractivity contribution in [1.82, 2.24) is 5.43 Å². The van der Waals surface area contributed by atoms with Crippen molar-refractivity contribution < 1.29 is 14.2 Å². The summed E-state index contributed by atoms with van der Waals surface area (Å²) >= 11 is 3.53. The summed E-state index contributed by atoms with van der Waals surface area (Å²) in [6, 6.07) is 11.7. The Morgan fingerprint density at radius 1 is 1.12 bits per heavy atom. The van der Waals surface area contributed by atoms with Crippen molar-refractivity contribution in [1.29, 1.82) is 0 Å². The van der Waals surface area contributed by atoms with Gasteiger partial charge in [-0.3, -0.25) is 0 Å². The fourth-order valence-corrected chi connectivity index (χ4v) is 2.83. The maximum absolute atomic E-state index is 5.73. The average Bonchev–Trinajstić information content (AvgIpc) is 2.64. The van der Waals surface area contributed by atoms with Crippen LogP contribution in [-0.4, -0.2) is 27.0 Å². The predicted molar refractivity (Wildman–Crippen MR) is 104 cm³/mol. The van der Waals surface area contributed by atoms with E-state index in [4.69, 9.17) is 14.2 Å². The van der Waals surface area contributed by atoms with Crippen LogP contribution in [0, 0.1) is 0 Å². The van der Waals surface area contributed by atoms with E-state index in [9.17, 15) is 0 Å². The second kappa shape index (κ2) is 9.93. The van der Waals surface area contributed by atoms with Crippen LogP contribution >= 0.6 is 15.9 Å². The van der Waals surface area contributed by atoms with Gasteiger partial charge < -0.3 is 19.6 Å². The Labute approximate surface area is 157 Å². The zero-order valence-corrected chi connectivity index (χ0v) is 16.3. The smallest absolute Gasteiger partial charge is 0.175 e. The largest absolute Gasteiger partial charge is 0.496 e. The average molecular weight is 407 g/mol. The summed E-state index contributed by atoms with van der Waals surface area (Å²) in [5.74, 6) is 2.23. The molecule has 6 heteroatoms. The topological polar surface area (TPSA) is 52.1 Å². The molecule has 0 aliphatic heterocycles. The molecular formula is C19H23BrN2O3. The Hall–Kier alpha value is -2.21. The van der Waals surface area contributed by atoms with Crippen LogP contribution in [0.4, 0.5) is 0 Å². The van der Waals surface area contributed by atoms with Gasteiger partial charge in [0.05, 0.1) is 38.1 Å². The molecule has 2 aromatic carbocycles. The molecule has 0 atom stereocenters. The van der Waals surface area contributed by atoms with Crippen molar-refractivity contribution >= 4 is 22.1 Å². The van der Waals surface area contributed by atoms with Crippen molar-refractivity contribution in [3.05, 3.63) is 52.0 Å². The number of hydrogen-bond donors (Lipinski definition) is 1. The SMILES string of the molecule is CCCOc1c(Br)cc(/C=N\NCc2ccccc2OC)cc1OC. The van der Waals surface area contributed by atoms with Gasteiger partial charge in [0.2, 0.25) is 0 Å². The lowest BCUT2D eigenvalue weighted by Gasteiger charge is -2.12. The van der Waals surface area contributed by atoms with Crippen LogP contribution in [0.1, 0.15) is 24.5 Å². The first-order valence-corrected chi connectivity index (χ1v) is 8.87. The van der Waals surface area contributed by atoms with Crippen molar-refractivity contribution in [3.8, 4) is 17.2 Å². The fraction of sp³-hybridized carbons (Fsp3) is 0.316. The first-order valence-electron chi connectivity index (χ1n) is 8.07. The summed E-state index contributed by atoms with van der Waals surface area (Å²) in [6.45, 7) is 3.29. The third-order valence-corrected chi connectivity index (χ3v) is 4.06. The first kappa shape index (κ1) is 19.1. The number of hydrazone groups is 1. The highest BCUT2D eigenvalue weighted by Crippen LogP contribution is 2.36. The molecule has 0 aromatic heterocycles. The van der Waals surface area contributed by atoms with Gasteiger partial charge in [0, 0.05) is 5.56 Å². The summed E-state index contributed by atoms with van der Waals surface area (Å²) in [5.41, 5.74) is 4.98. The van der Waals surface area contributed by atoms with Crippen LogP contribution in [0.25, 0.3) is 0 Å². The molecule has 0 fully saturated rings. The summed E-state index contributed by atoms with van der Waals surface area (Å²) < 4.78 is 17.3. The summed E-state index contributed by atoms with van der Waals surface area (Å²) in [5, 5.41) is 4.27. The van der Waals surface area contributed by atoms with Crippen LogP contribution in [0.3, 0.4) is 0 Å². The van der Waals surface area contributed by atoms with Gasteiger partial charge in [-0.25, -0.2) is 0 Å². The van der Waals surface area contributed by atoms with Crippen LogP contribution in [0.2, 0.25) is 0 Å². The molecule has 2 aromatic rings. The Morgan fingerprint density at radius 3 is 2.60 bits per heavy atom. The van der Waals surface area contributed by atoms with E-state index < -0.39 is 0 Å². The summed E-state index contributed by atoms with van der Waals surface area (Å²) in [4.78, 5) is 0. The third kappa shape index (κ3) is 5.39. The Kier molecular flexibility index (Phi) is 7.60. The molecule has 0 spiro atoms. The molecule has 2 rings (SSSR count). The van der Waals surface area contributed by atoms with Gasteiger partial charge in [-0.2, -0.15) is 5.10 Å². The fourth-order valence-electron chi connectivity index (χ4n) is 2.26. The van der Waals surface area contributed by atoms with Gasteiger partial charge in [0.1, 0.15) is 5.75 Å². The number of hydrogen-bond acceptors (Lipinski definition) is 5. The van der Waals surface area contributed by atoms with Crippen LogP contribution in [-0.2, 0) is 6.54 Å². The van der Waals surface area contributed by atoms with Gasteiger partial charge in [0.15, 0.2) is 11.5 Å². The molecule has 0 saturated heterocycles. The van der Waals surface area contributed by atoms with Gasteiger partial charge in [-0.15, -0.1) is 0 Å². The molecule has 0 aliphatic rings. The molecule has 0 aliphatic carbocycles. The highest BCUT2D eigenvalue weighted by molar-refractivity contribution is 9.10. The molecule has 0 unspecified atom stereocenters. The molecule has 0 bridgehead atoms. The molecule has 5 nitrogen and oxygen atoms in total. The van der Waals surface area contributed by atoms with Crippen molar-refractivity contribution in [2.45, 2.75) is 19.9 Å². The lowest BCUT2D eigenvalue weighted by Crippen LogP contribution is -2.07. The number of para-hydroxylation sites is 1. The third-order valence-electron chi connectivity index (χ3n) is 3.47. The number of rotatable bonds is 9. The zero-order valence-electron chi connectivity index (χ0n) is 14.7. The maximum atomic E-state index is 5.73. The van der Waals surface area contributed by atoms with E-state index in [0.29, 0.717) is 24.7 Å². The molecule has 0 saturated carbocycles. The van der Waals surface area contributed by atoms with Gasteiger partial charge in [-0.05, 0) is 46.1 Å². The number of halogens is 1. The van der Waals surface area contributed by atoms with E-state index in [2.05, 4.69) is 33.4 Å². The minimum Gasteiger partial charge on any atom is -0.496 e. The molecule has 0 radical (unpaired) electrons. The Bertz CT molecular complexity index is 720. The van der Waals surface area contributed by atoms with E-state index in [1.165, 1.54) is 0 Å². The minimum absolute atomic E-state index is 0.580.